The zero-order valence-electron chi connectivity index (χ0n) is 13.6. The minimum absolute atomic E-state index is 0.0104. The fourth-order valence-corrected chi connectivity index (χ4v) is 3.36. The van der Waals surface area contributed by atoms with Crippen molar-refractivity contribution < 1.29 is 21.6 Å². The number of rotatable bonds is 5. The number of hydrogen-bond donors (Lipinski definition) is 2. The van der Waals surface area contributed by atoms with Crippen LogP contribution in [0.4, 0.5) is 19.0 Å². The van der Waals surface area contributed by atoms with E-state index in [2.05, 4.69) is 15.3 Å². The summed E-state index contributed by atoms with van der Waals surface area (Å²) in [6.07, 6.45) is -4.66. The molecule has 142 valence electrons. The lowest BCUT2D eigenvalue weighted by molar-refractivity contribution is -0.141. The van der Waals surface area contributed by atoms with Crippen molar-refractivity contribution in [1.29, 1.82) is 0 Å². The molecule has 0 saturated carbocycles. The Labute approximate surface area is 157 Å². The van der Waals surface area contributed by atoms with Crippen LogP contribution < -0.4 is 10.5 Å². The van der Waals surface area contributed by atoms with Crippen molar-refractivity contribution in [3.8, 4) is 11.4 Å². The fourth-order valence-electron chi connectivity index (χ4n) is 2.20. The standard InChI is InChI=1S/C16H13F3N4O2S2/c17-16(18,19)13-8-14(21-9-11-2-1-7-26-11)23-15(22-13)10-3-5-12(6-4-10)27(20,24)25/h1-8H,9H2,(H2,20,24,25)(H,21,22,23). The maximum Gasteiger partial charge on any atom is 0.433 e. The first-order chi connectivity index (χ1) is 12.6. The van der Waals surface area contributed by atoms with Crippen LogP contribution in [0.25, 0.3) is 11.4 Å². The van der Waals surface area contributed by atoms with Gasteiger partial charge in [0.05, 0.1) is 11.4 Å². The highest BCUT2D eigenvalue weighted by molar-refractivity contribution is 7.89. The quantitative estimate of drug-likeness (QED) is 0.666. The molecule has 0 aliphatic rings. The predicted molar refractivity (Wildman–Crippen MR) is 95.5 cm³/mol. The van der Waals surface area contributed by atoms with Gasteiger partial charge in [0, 0.05) is 16.5 Å². The molecular weight excluding hydrogens is 401 g/mol. The molecule has 6 nitrogen and oxygen atoms in total. The van der Waals surface area contributed by atoms with E-state index in [9.17, 15) is 21.6 Å². The first-order valence-electron chi connectivity index (χ1n) is 7.49. The zero-order valence-corrected chi connectivity index (χ0v) is 15.2. The van der Waals surface area contributed by atoms with Gasteiger partial charge in [-0.15, -0.1) is 11.3 Å². The predicted octanol–water partition coefficient (Wildman–Crippen LogP) is 3.48. The van der Waals surface area contributed by atoms with Gasteiger partial charge in [-0.05, 0) is 35.7 Å². The molecule has 0 fully saturated rings. The van der Waals surface area contributed by atoms with Crippen LogP contribution in [0.1, 0.15) is 10.6 Å². The lowest BCUT2D eigenvalue weighted by Crippen LogP contribution is -2.13. The summed E-state index contributed by atoms with van der Waals surface area (Å²) < 4.78 is 62.2. The summed E-state index contributed by atoms with van der Waals surface area (Å²) in [5, 5.41) is 9.73. The number of hydrogen-bond acceptors (Lipinski definition) is 6. The molecule has 27 heavy (non-hydrogen) atoms. The molecule has 1 aromatic carbocycles. The van der Waals surface area contributed by atoms with Crippen LogP contribution >= 0.6 is 11.3 Å². The minimum atomic E-state index is -4.66. The van der Waals surface area contributed by atoms with Crippen LogP contribution in [0, 0.1) is 0 Å². The second-order valence-electron chi connectivity index (χ2n) is 5.46. The highest BCUT2D eigenvalue weighted by Gasteiger charge is 2.33. The molecule has 0 aliphatic carbocycles. The second kappa shape index (κ2) is 7.25. The van der Waals surface area contributed by atoms with E-state index in [1.165, 1.54) is 35.6 Å². The number of nitrogens with zero attached hydrogens (tertiary/aromatic N) is 2. The number of halogens is 3. The van der Waals surface area contributed by atoms with Gasteiger partial charge in [-0.25, -0.2) is 23.5 Å². The molecule has 3 rings (SSSR count). The van der Waals surface area contributed by atoms with E-state index < -0.39 is 21.9 Å². The van der Waals surface area contributed by atoms with Gasteiger partial charge in [-0.3, -0.25) is 0 Å². The molecule has 0 atom stereocenters. The molecule has 2 heterocycles. The molecule has 3 aromatic rings. The van der Waals surface area contributed by atoms with E-state index in [0.29, 0.717) is 6.54 Å². The first kappa shape index (κ1) is 19.3. The normalized spacial score (nSPS) is 12.1. The van der Waals surface area contributed by atoms with Gasteiger partial charge < -0.3 is 5.32 Å². The summed E-state index contributed by atoms with van der Waals surface area (Å²) >= 11 is 1.46. The van der Waals surface area contributed by atoms with E-state index in [1.54, 1.807) is 0 Å². The third-order valence-electron chi connectivity index (χ3n) is 3.48. The Hall–Kier alpha value is -2.50. The monoisotopic (exact) mass is 414 g/mol. The number of thiophene rings is 1. The van der Waals surface area contributed by atoms with Gasteiger partial charge in [0.1, 0.15) is 5.82 Å². The van der Waals surface area contributed by atoms with Crippen molar-refractivity contribution in [2.45, 2.75) is 17.6 Å². The van der Waals surface area contributed by atoms with Gasteiger partial charge >= 0.3 is 6.18 Å². The molecule has 0 radical (unpaired) electrons. The lowest BCUT2D eigenvalue weighted by Gasteiger charge is -2.12. The number of nitrogens with two attached hydrogens (primary N) is 1. The fraction of sp³-hybridized carbons (Fsp3) is 0.125. The molecule has 0 unspecified atom stereocenters. The summed E-state index contributed by atoms with van der Waals surface area (Å²) in [5.74, 6) is -0.171. The maximum atomic E-state index is 13.2. The van der Waals surface area contributed by atoms with Crippen molar-refractivity contribution in [2.24, 2.45) is 5.14 Å². The Morgan fingerprint density at radius 2 is 1.81 bits per heavy atom. The van der Waals surface area contributed by atoms with Crippen molar-refractivity contribution >= 4 is 27.2 Å². The third-order valence-corrected chi connectivity index (χ3v) is 5.29. The van der Waals surface area contributed by atoms with Crippen molar-refractivity contribution in [3.05, 3.63) is 58.4 Å². The Kier molecular flexibility index (Phi) is 5.18. The highest BCUT2D eigenvalue weighted by Crippen LogP contribution is 2.31. The number of nitrogens with one attached hydrogen (secondary N) is 1. The van der Waals surface area contributed by atoms with Crippen LogP contribution in [0.15, 0.2) is 52.7 Å². The molecule has 3 N–H and O–H groups in total. The molecule has 0 amide bonds. The SMILES string of the molecule is NS(=O)(=O)c1ccc(-c2nc(NCc3cccs3)cc(C(F)(F)F)n2)cc1. The van der Waals surface area contributed by atoms with Crippen molar-refractivity contribution in [3.63, 3.8) is 0 Å². The average Bonchev–Trinajstić information content (AvgIpc) is 3.12. The van der Waals surface area contributed by atoms with Gasteiger partial charge in [0.15, 0.2) is 11.5 Å². The minimum Gasteiger partial charge on any atom is -0.365 e. The van der Waals surface area contributed by atoms with E-state index in [4.69, 9.17) is 5.14 Å². The molecule has 0 saturated heterocycles. The van der Waals surface area contributed by atoms with Crippen LogP contribution in [0.2, 0.25) is 0 Å². The van der Waals surface area contributed by atoms with Gasteiger partial charge in [0.2, 0.25) is 10.0 Å². The van der Waals surface area contributed by atoms with E-state index in [1.807, 2.05) is 17.5 Å². The van der Waals surface area contributed by atoms with Gasteiger partial charge in [0.25, 0.3) is 0 Å². The zero-order chi connectivity index (χ0) is 19.7. The molecule has 0 aliphatic heterocycles. The Balaban J connectivity index is 1.97. The summed E-state index contributed by atoms with van der Waals surface area (Å²) in [6.45, 7) is 0.315. The Bertz CT molecular complexity index is 1030. The summed E-state index contributed by atoms with van der Waals surface area (Å²) in [7, 11) is -3.91. The molecular formula is C16H13F3N4O2S2. The molecule has 0 spiro atoms. The third kappa shape index (κ3) is 4.81. The van der Waals surface area contributed by atoms with Crippen LogP contribution in [-0.2, 0) is 22.7 Å². The first-order valence-corrected chi connectivity index (χ1v) is 9.91. The summed E-state index contributed by atoms with van der Waals surface area (Å²) in [6, 6.07) is 9.49. The highest BCUT2D eigenvalue weighted by atomic mass is 32.2. The summed E-state index contributed by atoms with van der Waals surface area (Å²) in [4.78, 5) is 8.44. The van der Waals surface area contributed by atoms with Gasteiger partial charge in [-0.2, -0.15) is 13.2 Å². The average molecular weight is 414 g/mol. The lowest BCUT2D eigenvalue weighted by atomic mass is 10.2. The van der Waals surface area contributed by atoms with Gasteiger partial charge in [-0.1, -0.05) is 6.07 Å². The Morgan fingerprint density at radius 3 is 2.37 bits per heavy atom. The molecule has 11 heteroatoms. The van der Waals surface area contributed by atoms with Crippen LogP contribution in [-0.4, -0.2) is 18.4 Å². The number of benzene rings is 1. The van der Waals surface area contributed by atoms with Crippen molar-refractivity contribution in [1.82, 2.24) is 9.97 Å². The Morgan fingerprint density at radius 1 is 1.11 bits per heavy atom. The number of sulfonamides is 1. The van der Waals surface area contributed by atoms with E-state index in [0.717, 1.165) is 10.9 Å². The maximum absolute atomic E-state index is 13.2. The number of primary sulfonamides is 1. The smallest absolute Gasteiger partial charge is 0.365 e. The summed E-state index contributed by atoms with van der Waals surface area (Å²) in [5.41, 5.74) is -0.871. The topological polar surface area (TPSA) is 98.0 Å². The van der Waals surface area contributed by atoms with E-state index in [-0.39, 0.29) is 22.1 Å². The van der Waals surface area contributed by atoms with Crippen molar-refractivity contribution in [2.75, 3.05) is 5.32 Å². The second-order valence-corrected chi connectivity index (χ2v) is 8.06. The number of anilines is 1. The number of aromatic nitrogens is 2. The van der Waals surface area contributed by atoms with E-state index >= 15 is 0 Å². The van der Waals surface area contributed by atoms with Crippen LogP contribution in [0.5, 0.6) is 0 Å². The largest absolute Gasteiger partial charge is 0.433 e. The number of alkyl halides is 3. The molecule has 2 aromatic heterocycles. The molecule has 0 bridgehead atoms. The van der Waals surface area contributed by atoms with Crippen LogP contribution in [0.3, 0.4) is 0 Å².